The SMILES string of the molecule is O=C(O)c1ccc(N2CCN(C3CCC3)CC2)cc1. The highest BCUT2D eigenvalue weighted by Gasteiger charge is 2.27. The lowest BCUT2D eigenvalue weighted by Gasteiger charge is -2.43. The summed E-state index contributed by atoms with van der Waals surface area (Å²) in [6.45, 7) is 4.35. The molecule has 1 saturated heterocycles. The van der Waals surface area contributed by atoms with E-state index in [4.69, 9.17) is 5.11 Å². The second kappa shape index (κ2) is 5.21. The number of carboxylic acids is 1. The van der Waals surface area contributed by atoms with Crippen molar-refractivity contribution in [3.8, 4) is 0 Å². The van der Waals surface area contributed by atoms with Crippen LogP contribution < -0.4 is 4.90 Å². The van der Waals surface area contributed by atoms with Gasteiger partial charge in [0.05, 0.1) is 5.56 Å². The van der Waals surface area contributed by atoms with Gasteiger partial charge in [-0.1, -0.05) is 6.42 Å². The first kappa shape index (κ1) is 12.5. The van der Waals surface area contributed by atoms with Crippen molar-refractivity contribution in [1.29, 1.82) is 0 Å². The Bertz CT molecular complexity index is 446. The van der Waals surface area contributed by atoms with E-state index in [0.717, 1.165) is 37.9 Å². The number of carbonyl (C=O) groups is 1. The Morgan fingerprint density at radius 2 is 1.68 bits per heavy atom. The van der Waals surface area contributed by atoms with E-state index in [1.165, 1.54) is 19.3 Å². The summed E-state index contributed by atoms with van der Waals surface area (Å²) in [5, 5.41) is 8.90. The van der Waals surface area contributed by atoms with Crippen LogP contribution in [0.3, 0.4) is 0 Å². The third-order valence-electron chi connectivity index (χ3n) is 4.38. The van der Waals surface area contributed by atoms with E-state index in [1.807, 2.05) is 12.1 Å². The van der Waals surface area contributed by atoms with Gasteiger partial charge in [0.2, 0.25) is 0 Å². The molecule has 1 aliphatic carbocycles. The molecule has 2 fully saturated rings. The van der Waals surface area contributed by atoms with Crippen LogP contribution in [0, 0.1) is 0 Å². The number of anilines is 1. The largest absolute Gasteiger partial charge is 0.478 e. The molecule has 1 saturated carbocycles. The molecule has 4 nitrogen and oxygen atoms in total. The van der Waals surface area contributed by atoms with Gasteiger partial charge in [0.1, 0.15) is 0 Å². The van der Waals surface area contributed by atoms with Gasteiger partial charge in [0, 0.05) is 37.9 Å². The Morgan fingerprint density at radius 3 is 2.16 bits per heavy atom. The average molecular weight is 260 g/mol. The third kappa shape index (κ3) is 2.59. The highest BCUT2D eigenvalue weighted by atomic mass is 16.4. The van der Waals surface area contributed by atoms with Crippen molar-refractivity contribution >= 4 is 11.7 Å². The summed E-state index contributed by atoms with van der Waals surface area (Å²) in [6, 6.07) is 8.05. The molecule has 0 atom stereocenters. The lowest BCUT2D eigenvalue weighted by molar-refractivity contribution is 0.0697. The third-order valence-corrected chi connectivity index (χ3v) is 4.38. The maximum absolute atomic E-state index is 10.8. The van der Waals surface area contributed by atoms with Gasteiger partial charge in [0.25, 0.3) is 0 Å². The maximum Gasteiger partial charge on any atom is 0.335 e. The summed E-state index contributed by atoms with van der Waals surface area (Å²) < 4.78 is 0. The van der Waals surface area contributed by atoms with Gasteiger partial charge in [-0.25, -0.2) is 4.79 Å². The van der Waals surface area contributed by atoms with Crippen molar-refractivity contribution in [3.63, 3.8) is 0 Å². The molecule has 0 bridgehead atoms. The lowest BCUT2D eigenvalue weighted by Crippen LogP contribution is -2.52. The first-order chi connectivity index (χ1) is 9.24. The molecule has 102 valence electrons. The topological polar surface area (TPSA) is 43.8 Å². The highest BCUT2D eigenvalue weighted by Crippen LogP contribution is 2.26. The standard InChI is InChI=1S/C15H20N2O2/c18-15(19)12-4-6-14(7-5-12)17-10-8-16(9-11-17)13-2-1-3-13/h4-7,13H,1-3,8-11H2,(H,18,19). The van der Waals surface area contributed by atoms with E-state index in [1.54, 1.807) is 12.1 Å². The zero-order chi connectivity index (χ0) is 13.2. The van der Waals surface area contributed by atoms with E-state index in [9.17, 15) is 4.79 Å². The fourth-order valence-corrected chi connectivity index (χ4v) is 2.91. The number of benzene rings is 1. The quantitative estimate of drug-likeness (QED) is 0.903. The molecule has 0 spiro atoms. The van der Waals surface area contributed by atoms with Crippen molar-refractivity contribution in [2.45, 2.75) is 25.3 Å². The molecule has 0 radical (unpaired) electrons. The minimum absolute atomic E-state index is 0.358. The molecule has 1 aliphatic heterocycles. The van der Waals surface area contributed by atoms with E-state index in [0.29, 0.717) is 5.56 Å². The average Bonchev–Trinajstić information content (AvgIpc) is 2.38. The molecule has 1 heterocycles. The normalized spacial score (nSPS) is 21.2. The van der Waals surface area contributed by atoms with Crippen LogP contribution in [0.4, 0.5) is 5.69 Å². The van der Waals surface area contributed by atoms with Crippen molar-refractivity contribution in [1.82, 2.24) is 4.90 Å². The van der Waals surface area contributed by atoms with Gasteiger partial charge in [-0.3, -0.25) is 4.90 Å². The van der Waals surface area contributed by atoms with Crippen LogP contribution in [0.2, 0.25) is 0 Å². The lowest BCUT2D eigenvalue weighted by atomic mass is 9.91. The number of nitrogens with zero attached hydrogens (tertiary/aromatic N) is 2. The fourth-order valence-electron chi connectivity index (χ4n) is 2.91. The van der Waals surface area contributed by atoms with Crippen LogP contribution in [0.1, 0.15) is 29.6 Å². The summed E-state index contributed by atoms with van der Waals surface area (Å²) >= 11 is 0. The van der Waals surface area contributed by atoms with Gasteiger partial charge >= 0.3 is 5.97 Å². The molecule has 0 unspecified atom stereocenters. The molecular weight excluding hydrogens is 240 g/mol. The predicted molar refractivity (Wildman–Crippen MR) is 74.8 cm³/mol. The van der Waals surface area contributed by atoms with Crippen molar-refractivity contribution in [3.05, 3.63) is 29.8 Å². The molecule has 1 aromatic carbocycles. The van der Waals surface area contributed by atoms with E-state index in [-0.39, 0.29) is 0 Å². The molecule has 19 heavy (non-hydrogen) atoms. The summed E-state index contributed by atoms with van der Waals surface area (Å²) in [4.78, 5) is 15.8. The van der Waals surface area contributed by atoms with Crippen LogP contribution in [-0.4, -0.2) is 48.2 Å². The number of piperazine rings is 1. The summed E-state index contributed by atoms with van der Waals surface area (Å²) in [5.41, 5.74) is 1.50. The maximum atomic E-state index is 10.8. The summed E-state index contributed by atoms with van der Waals surface area (Å²) in [5.74, 6) is -0.860. The molecule has 0 aromatic heterocycles. The van der Waals surface area contributed by atoms with Crippen molar-refractivity contribution in [2.75, 3.05) is 31.1 Å². The van der Waals surface area contributed by atoms with Crippen LogP contribution in [-0.2, 0) is 0 Å². The Kier molecular flexibility index (Phi) is 3.42. The number of carboxylic acid groups (broad SMARTS) is 1. The van der Waals surface area contributed by atoms with Gasteiger partial charge in [-0.15, -0.1) is 0 Å². The summed E-state index contributed by atoms with van der Waals surface area (Å²) in [6.07, 6.45) is 4.13. The van der Waals surface area contributed by atoms with Crippen molar-refractivity contribution < 1.29 is 9.90 Å². The van der Waals surface area contributed by atoms with E-state index >= 15 is 0 Å². The Hall–Kier alpha value is -1.55. The van der Waals surface area contributed by atoms with Crippen LogP contribution in [0.5, 0.6) is 0 Å². The minimum atomic E-state index is -0.860. The first-order valence-electron chi connectivity index (χ1n) is 7.06. The van der Waals surface area contributed by atoms with Gasteiger partial charge in [-0.05, 0) is 37.1 Å². The smallest absolute Gasteiger partial charge is 0.335 e. The second-order valence-electron chi connectivity index (χ2n) is 5.46. The molecule has 1 N–H and O–H groups in total. The van der Waals surface area contributed by atoms with E-state index < -0.39 is 5.97 Å². The van der Waals surface area contributed by atoms with Crippen LogP contribution >= 0.6 is 0 Å². The molecule has 3 rings (SSSR count). The Morgan fingerprint density at radius 1 is 1.05 bits per heavy atom. The van der Waals surface area contributed by atoms with Crippen LogP contribution in [0.15, 0.2) is 24.3 Å². The molecule has 0 amide bonds. The number of hydrogen-bond donors (Lipinski definition) is 1. The Labute approximate surface area is 113 Å². The van der Waals surface area contributed by atoms with Crippen molar-refractivity contribution in [2.24, 2.45) is 0 Å². The van der Waals surface area contributed by atoms with Gasteiger partial charge in [-0.2, -0.15) is 0 Å². The molecule has 1 aromatic rings. The Balaban J connectivity index is 1.59. The van der Waals surface area contributed by atoms with Gasteiger partial charge in [0.15, 0.2) is 0 Å². The monoisotopic (exact) mass is 260 g/mol. The number of aromatic carboxylic acids is 1. The molecule has 4 heteroatoms. The van der Waals surface area contributed by atoms with E-state index in [2.05, 4.69) is 9.80 Å². The van der Waals surface area contributed by atoms with Crippen LogP contribution in [0.25, 0.3) is 0 Å². The fraction of sp³-hybridized carbons (Fsp3) is 0.533. The first-order valence-corrected chi connectivity index (χ1v) is 7.06. The molecular formula is C15H20N2O2. The number of rotatable bonds is 3. The van der Waals surface area contributed by atoms with Gasteiger partial charge < -0.3 is 10.0 Å². The highest BCUT2D eigenvalue weighted by molar-refractivity contribution is 5.88. The second-order valence-corrected chi connectivity index (χ2v) is 5.46. The zero-order valence-corrected chi connectivity index (χ0v) is 11.1. The summed E-state index contributed by atoms with van der Waals surface area (Å²) in [7, 11) is 0. The predicted octanol–water partition coefficient (Wildman–Crippen LogP) is 2.06. The zero-order valence-electron chi connectivity index (χ0n) is 11.1. The molecule has 2 aliphatic rings. The number of hydrogen-bond acceptors (Lipinski definition) is 3. The minimum Gasteiger partial charge on any atom is -0.478 e.